The zero-order valence-corrected chi connectivity index (χ0v) is 12.8. The summed E-state index contributed by atoms with van der Waals surface area (Å²) in [7, 11) is 0. The minimum atomic E-state index is 0.0683. The number of hydrogen-bond acceptors (Lipinski definition) is 2. The molecule has 20 heavy (non-hydrogen) atoms. The number of rotatable bonds is 6. The van der Waals surface area contributed by atoms with Crippen LogP contribution in [0.3, 0.4) is 0 Å². The first-order chi connectivity index (χ1) is 9.58. The lowest BCUT2D eigenvalue weighted by Crippen LogP contribution is -2.43. The number of carbonyl (C=O) groups is 1. The molecule has 2 N–H and O–H groups in total. The average Bonchev–Trinajstić information content (AvgIpc) is 2.40. The third-order valence-electron chi connectivity index (χ3n) is 4.37. The summed E-state index contributed by atoms with van der Waals surface area (Å²) in [5, 5.41) is 0.712. The molecule has 2 rings (SSSR count). The lowest BCUT2D eigenvalue weighted by atomic mass is 9.66. The molecule has 0 atom stereocenters. The van der Waals surface area contributed by atoms with Gasteiger partial charge >= 0.3 is 0 Å². The highest BCUT2D eigenvalue weighted by Crippen LogP contribution is 2.43. The van der Waals surface area contributed by atoms with Crippen molar-refractivity contribution < 1.29 is 4.79 Å². The number of hydrogen-bond donors (Lipinski definition) is 1. The summed E-state index contributed by atoms with van der Waals surface area (Å²) in [6.07, 6.45) is 3.96. The van der Waals surface area contributed by atoms with Crippen molar-refractivity contribution in [2.75, 3.05) is 13.1 Å². The van der Waals surface area contributed by atoms with E-state index in [9.17, 15) is 4.79 Å². The molecule has 1 aromatic rings. The summed E-state index contributed by atoms with van der Waals surface area (Å²) in [5.74, 6) is 0.206. The maximum absolute atomic E-state index is 12.5. The summed E-state index contributed by atoms with van der Waals surface area (Å²) in [4.78, 5) is 14.4. The van der Waals surface area contributed by atoms with Crippen LogP contribution in [0.5, 0.6) is 0 Å². The maximum atomic E-state index is 12.5. The van der Waals surface area contributed by atoms with E-state index in [1.807, 2.05) is 36.1 Å². The standard InChI is InChI=1S/C16H23ClN2O/c1-2-19(11-13-5-3-6-14(17)9-13)15(20)10-16(12-18)7-4-8-16/h3,5-6,9H,2,4,7-8,10-12,18H2,1H3. The molecule has 1 aliphatic rings. The van der Waals surface area contributed by atoms with Crippen LogP contribution in [0.4, 0.5) is 0 Å². The highest BCUT2D eigenvalue weighted by atomic mass is 35.5. The molecule has 0 aliphatic heterocycles. The van der Waals surface area contributed by atoms with E-state index in [4.69, 9.17) is 17.3 Å². The van der Waals surface area contributed by atoms with Gasteiger partial charge in [0.2, 0.25) is 5.91 Å². The van der Waals surface area contributed by atoms with Gasteiger partial charge in [0.25, 0.3) is 0 Å². The molecule has 1 saturated carbocycles. The molecule has 0 saturated heterocycles. The molecule has 0 radical (unpaired) electrons. The van der Waals surface area contributed by atoms with E-state index in [0.29, 0.717) is 31.1 Å². The van der Waals surface area contributed by atoms with Gasteiger partial charge in [-0.3, -0.25) is 4.79 Å². The molecule has 1 aliphatic carbocycles. The Labute approximate surface area is 126 Å². The van der Waals surface area contributed by atoms with Crippen LogP contribution in [0.1, 0.15) is 38.2 Å². The number of carbonyl (C=O) groups excluding carboxylic acids is 1. The van der Waals surface area contributed by atoms with Gasteiger partial charge in [0, 0.05) is 24.5 Å². The van der Waals surface area contributed by atoms with Gasteiger partial charge in [-0.05, 0) is 49.4 Å². The van der Waals surface area contributed by atoms with E-state index in [2.05, 4.69) is 0 Å². The molecule has 0 spiro atoms. The predicted molar refractivity (Wildman–Crippen MR) is 82.5 cm³/mol. The Hall–Kier alpha value is -1.06. The average molecular weight is 295 g/mol. The highest BCUT2D eigenvalue weighted by Gasteiger charge is 2.38. The van der Waals surface area contributed by atoms with Gasteiger partial charge in [-0.2, -0.15) is 0 Å². The fraction of sp³-hybridized carbons (Fsp3) is 0.562. The monoisotopic (exact) mass is 294 g/mol. The van der Waals surface area contributed by atoms with Crippen LogP contribution in [0.2, 0.25) is 5.02 Å². The van der Waals surface area contributed by atoms with Crippen molar-refractivity contribution in [1.82, 2.24) is 4.90 Å². The van der Waals surface area contributed by atoms with Gasteiger partial charge in [0.1, 0.15) is 0 Å². The minimum absolute atomic E-state index is 0.0683. The molecule has 0 bridgehead atoms. The summed E-state index contributed by atoms with van der Waals surface area (Å²) < 4.78 is 0. The third kappa shape index (κ3) is 3.53. The van der Waals surface area contributed by atoms with Gasteiger partial charge in [-0.25, -0.2) is 0 Å². The molecule has 0 aromatic heterocycles. The molecule has 110 valence electrons. The van der Waals surface area contributed by atoms with E-state index in [0.717, 1.165) is 18.4 Å². The Kier molecular flexibility index (Phi) is 5.06. The zero-order valence-electron chi connectivity index (χ0n) is 12.1. The molecule has 0 unspecified atom stereocenters. The van der Waals surface area contributed by atoms with Gasteiger partial charge < -0.3 is 10.6 Å². The van der Waals surface area contributed by atoms with E-state index in [-0.39, 0.29) is 11.3 Å². The van der Waals surface area contributed by atoms with Gasteiger partial charge in [-0.15, -0.1) is 0 Å². The summed E-state index contributed by atoms with van der Waals surface area (Å²) in [5.41, 5.74) is 6.98. The Morgan fingerprint density at radius 3 is 2.70 bits per heavy atom. The van der Waals surface area contributed by atoms with Crippen molar-refractivity contribution in [3.05, 3.63) is 34.9 Å². The summed E-state index contributed by atoms with van der Waals surface area (Å²) in [6.45, 7) is 3.97. The van der Waals surface area contributed by atoms with Crippen molar-refractivity contribution in [2.24, 2.45) is 11.1 Å². The van der Waals surface area contributed by atoms with Crippen LogP contribution in [0.25, 0.3) is 0 Å². The number of nitrogens with two attached hydrogens (primary N) is 1. The van der Waals surface area contributed by atoms with E-state index in [1.54, 1.807) is 0 Å². The molecule has 4 heteroatoms. The molecule has 3 nitrogen and oxygen atoms in total. The highest BCUT2D eigenvalue weighted by molar-refractivity contribution is 6.30. The quantitative estimate of drug-likeness (QED) is 0.876. The van der Waals surface area contributed by atoms with E-state index < -0.39 is 0 Å². The number of benzene rings is 1. The van der Waals surface area contributed by atoms with Crippen LogP contribution in [0.15, 0.2) is 24.3 Å². The molecule has 1 amide bonds. The van der Waals surface area contributed by atoms with Gasteiger partial charge in [0.15, 0.2) is 0 Å². The topological polar surface area (TPSA) is 46.3 Å². The summed E-state index contributed by atoms with van der Waals surface area (Å²) in [6, 6.07) is 7.69. The molecule has 1 fully saturated rings. The Balaban J connectivity index is 1.99. The number of amides is 1. The van der Waals surface area contributed by atoms with E-state index >= 15 is 0 Å². The van der Waals surface area contributed by atoms with Gasteiger partial charge in [-0.1, -0.05) is 30.2 Å². The fourth-order valence-electron chi connectivity index (χ4n) is 2.79. The van der Waals surface area contributed by atoms with Crippen LogP contribution in [0, 0.1) is 5.41 Å². The van der Waals surface area contributed by atoms with Crippen LogP contribution >= 0.6 is 11.6 Å². The van der Waals surface area contributed by atoms with Crippen molar-refractivity contribution >= 4 is 17.5 Å². The first-order valence-corrected chi connectivity index (χ1v) is 7.69. The molecule has 1 aromatic carbocycles. The second-order valence-corrected chi connectivity index (χ2v) is 6.21. The smallest absolute Gasteiger partial charge is 0.223 e. The SMILES string of the molecule is CCN(Cc1cccc(Cl)c1)C(=O)CC1(CN)CCC1. The first-order valence-electron chi connectivity index (χ1n) is 7.31. The molecule has 0 heterocycles. The third-order valence-corrected chi connectivity index (χ3v) is 4.61. The molecular formula is C16H23ClN2O. The van der Waals surface area contributed by atoms with Crippen molar-refractivity contribution in [2.45, 2.75) is 39.2 Å². The number of halogens is 1. The fourth-order valence-corrected chi connectivity index (χ4v) is 3.01. The second-order valence-electron chi connectivity index (χ2n) is 5.77. The Morgan fingerprint density at radius 2 is 2.20 bits per heavy atom. The first kappa shape index (κ1) is 15.3. The van der Waals surface area contributed by atoms with Crippen LogP contribution in [-0.4, -0.2) is 23.9 Å². The van der Waals surface area contributed by atoms with Gasteiger partial charge in [0.05, 0.1) is 0 Å². The lowest BCUT2D eigenvalue weighted by molar-refractivity contribution is -0.135. The minimum Gasteiger partial charge on any atom is -0.339 e. The second kappa shape index (κ2) is 6.59. The van der Waals surface area contributed by atoms with Crippen molar-refractivity contribution in [3.8, 4) is 0 Å². The van der Waals surface area contributed by atoms with E-state index in [1.165, 1.54) is 6.42 Å². The Morgan fingerprint density at radius 1 is 1.45 bits per heavy atom. The predicted octanol–water partition coefficient (Wildman–Crippen LogP) is 3.21. The largest absolute Gasteiger partial charge is 0.339 e. The summed E-state index contributed by atoms with van der Waals surface area (Å²) >= 11 is 5.99. The Bertz CT molecular complexity index is 466. The maximum Gasteiger partial charge on any atom is 0.223 e. The van der Waals surface area contributed by atoms with Crippen molar-refractivity contribution in [3.63, 3.8) is 0 Å². The molecular weight excluding hydrogens is 272 g/mol. The normalized spacial score (nSPS) is 16.6. The van der Waals surface area contributed by atoms with Crippen LogP contribution < -0.4 is 5.73 Å². The van der Waals surface area contributed by atoms with Crippen molar-refractivity contribution in [1.29, 1.82) is 0 Å². The number of nitrogens with zero attached hydrogens (tertiary/aromatic N) is 1. The van der Waals surface area contributed by atoms with Crippen LogP contribution in [-0.2, 0) is 11.3 Å². The zero-order chi connectivity index (χ0) is 14.6. The lowest BCUT2D eigenvalue weighted by Gasteiger charge is -2.41.